The molecule has 3 aliphatic rings. The van der Waals surface area contributed by atoms with Crippen molar-refractivity contribution in [2.75, 3.05) is 13.1 Å². The van der Waals surface area contributed by atoms with Crippen LogP contribution in [0.3, 0.4) is 0 Å². The molecule has 3 aromatic carbocycles. The quantitative estimate of drug-likeness (QED) is 0.250. The van der Waals surface area contributed by atoms with Crippen LogP contribution in [0.25, 0.3) is 0 Å². The lowest BCUT2D eigenvalue weighted by atomic mass is 9.72. The van der Waals surface area contributed by atoms with Gasteiger partial charge in [-0.25, -0.2) is 9.97 Å². The second-order valence-corrected chi connectivity index (χ2v) is 10.8. The summed E-state index contributed by atoms with van der Waals surface area (Å²) in [6, 6.07) is 17.7. The van der Waals surface area contributed by atoms with E-state index < -0.39 is 24.1 Å². The molecule has 13 heteroatoms. The Morgan fingerprint density at radius 1 is 0.773 bits per heavy atom. The van der Waals surface area contributed by atoms with Crippen molar-refractivity contribution in [3.05, 3.63) is 95.8 Å². The van der Waals surface area contributed by atoms with Crippen molar-refractivity contribution in [3.63, 3.8) is 0 Å². The second kappa shape index (κ2) is 10.5. The number of hydrogen-bond donors (Lipinski definition) is 1. The largest absolute Gasteiger partial charge is 0.586 e. The Morgan fingerprint density at radius 2 is 1.30 bits per heavy atom. The molecule has 0 atom stereocenters. The highest BCUT2D eigenvalue weighted by Gasteiger charge is 2.48. The first-order valence-electron chi connectivity index (χ1n) is 13.9. The van der Waals surface area contributed by atoms with E-state index in [1.807, 2.05) is 24.3 Å². The number of aromatic nitrogens is 2. The molecule has 0 radical (unpaired) electrons. The predicted molar refractivity (Wildman–Crippen MR) is 145 cm³/mol. The van der Waals surface area contributed by atoms with Crippen molar-refractivity contribution in [2.45, 2.75) is 37.6 Å². The number of alkyl halides is 4. The van der Waals surface area contributed by atoms with Crippen LogP contribution in [0.5, 0.6) is 34.8 Å². The number of hydrogen-bond acceptors (Lipinski definition) is 9. The topological polar surface area (TPSA) is 95.4 Å². The minimum atomic E-state index is -3.84. The lowest BCUT2D eigenvalue weighted by Gasteiger charge is -2.42. The lowest BCUT2D eigenvalue weighted by molar-refractivity contribution is -0.287. The monoisotopic (exact) mass is 611 g/mol. The zero-order chi connectivity index (χ0) is 30.5. The maximum Gasteiger partial charge on any atom is 0.586 e. The number of likely N-dealkylation sites (tertiary alicyclic amines) is 1. The number of piperidine rings is 1. The fourth-order valence-corrected chi connectivity index (χ4v) is 5.88. The summed E-state index contributed by atoms with van der Waals surface area (Å²) in [7, 11) is 0. The van der Waals surface area contributed by atoms with Gasteiger partial charge in [0.1, 0.15) is 11.4 Å². The van der Waals surface area contributed by atoms with E-state index in [4.69, 9.17) is 4.74 Å². The summed E-state index contributed by atoms with van der Waals surface area (Å²) in [5, 5.41) is 12.4. The van der Waals surface area contributed by atoms with Gasteiger partial charge >= 0.3 is 18.6 Å². The van der Waals surface area contributed by atoms with Crippen LogP contribution in [0.2, 0.25) is 0 Å². The van der Waals surface area contributed by atoms with Gasteiger partial charge in [0.25, 0.3) is 0 Å². The number of benzene rings is 3. The van der Waals surface area contributed by atoms with E-state index in [9.17, 15) is 22.7 Å². The van der Waals surface area contributed by atoms with Gasteiger partial charge in [-0.05, 0) is 91.0 Å². The maximum absolute atomic E-state index is 13.8. The van der Waals surface area contributed by atoms with E-state index in [2.05, 4.69) is 33.8 Å². The van der Waals surface area contributed by atoms with Gasteiger partial charge in [0.05, 0.1) is 0 Å². The molecule has 4 heterocycles. The van der Waals surface area contributed by atoms with Crippen LogP contribution in [-0.4, -0.2) is 45.7 Å². The number of aliphatic hydroxyl groups is 1. The summed E-state index contributed by atoms with van der Waals surface area (Å²) in [5.74, 6) is -0.624. The van der Waals surface area contributed by atoms with Crippen molar-refractivity contribution in [2.24, 2.45) is 5.92 Å². The van der Waals surface area contributed by atoms with E-state index in [0.717, 1.165) is 5.56 Å². The average Bonchev–Trinajstić information content (AvgIpc) is 3.50. The predicted octanol–water partition coefficient (Wildman–Crippen LogP) is 6.06. The Bertz CT molecular complexity index is 1600. The van der Waals surface area contributed by atoms with Crippen LogP contribution in [0.1, 0.15) is 29.5 Å². The minimum absolute atomic E-state index is 0.172. The normalized spacial score (nSPS) is 18.8. The smallest absolute Gasteiger partial charge is 0.424 e. The molecule has 0 saturated carbocycles. The summed E-state index contributed by atoms with van der Waals surface area (Å²) >= 11 is 0. The fourth-order valence-electron chi connectivity index (χ4n) is 5.88. The van der Waals surface area contributed by atoms with Crippen molar-refractivity contribution >= 4 is 0 Å². The first-order chi connectivity index (χ1) is 21.1. The summed E-state index contributed by atoms with van der Waals surface area (Å²) in [5.41, 5.74) is -0.218. The summed E-state index contributed by atoms with van der Waals surface area (Å²) in [6.45, 7) is 1.86. The SMILES string of the molecule is OC(c1ccc2c(c1)OC(F)(F)O2)(c1ccc2c(c1)OC(F)(F)O2)C1CCN(Cc2ccc(Oc3ncccn3)cc2)CC1. The van der Waals surface area contributed by atoms with E-state index in [1.165, 1.54) is 36.4 Å². The number of rotatable bonds is 7. The van der Waals surface area contributed by atoms with Crippen LogP contribution in [-0.2, 0) is 12.1 Å². The van der Waals surface area contributed by atoms with Gasteiger partial charge in [-0.1, -0.05) is 24.3 Å². The molecule has 7 rings (SSSR count). The third-order valence-corrected chi connectivity index (χ3v) is 7.94. The number of fused-ring (bicyclic) bond motifs is 2. The lowest BCUT2D eigenvalue weighted by Crippen LogP contribution is -2.44. The summed E-state index contributed by atoms with van der Waals surface area (Å²) < 4.78 is 79.1. The second-order valence-electron chi connectivity index (χ2n) is 10.8. The van der Waals surface area contributed by atoms with Gasteiger partial charge in [0, 0.05) is 18.9 Å². The number of ether oxygens (including phenoxy) is 5. The number of halogens is 4. The molecule has 1 saturated heterocycles. The van der Waals surface area contributed by atoms with Gasteiger partial charge in [-0.2, -0.15) is 0 Å². The molecule has 0 spiro atoms. The molecule has 1 aromatic heterocycles. The standard InChI is InChI=1S/C31H25F4N3O6/c32-30(33)41-24-8-4-21(16-26(24)43-30)29(39,22-5-9-25-27(17-22)44-31(34,35)42-25)20-10-14-38(15-11-20)18-19-2-6-23(7-3-19)40-28-36-12-1-13-37-28/h1-9,12-13,16-17,20,39H,10-11,14-15,18H2. The maximum atomic E-state index is 13.8. The van der Waals surface area contributed by atoms with Gasteiger partial charge in [0.2, 0.25) is 0 Å². The van der Waals surface area contributed by atoms with E-state index in [-0.39, 0.29) is 40.1 Å². The molecule has 0 bridgehead atoms. The zero-order valence-corrected chi connectivity index (χ0v) is 23.0. The molecule has 0 unspecified atom stereocenters. The Morgan fingerprint density at radius 3 is 1.84 bits per heavy atom. The molecule has 1 fully saturated rings. The molecule has 44 heavy (non-hydrogen) atoms. The first kappa shape index (κ1) is 28.2. The van der Waals surface area contributed by atoms with Crippen LogP contribution < -0.4 is 23.7 Å². The van der Waals surface area contributed by atoms with Crippen LogP contribution in [0.4, 0.5) is 17.6 Å². The van der Waals surface area contributed by atoms with Crippen molar-refractivity contribution < 1.29 is 46.4 Å². The number of nitrogens with zero attached hydrogens (tertiary/aromatic N) is 3. The Balaban J connectivity index is 1.10. The third kappa shape index (κ3) is 5.44. The summed E-state index contributed by atoms with van der Waals surface area (Å²) in [6.07, 6.45) is -3.46. The highest BCUT2D eigenvalue weighted by Crippen LogP contribution is 2.50. The molecule has 0 aliphatic carbocycles. The first-order valence-corrected chi connectivity index (χ1v) is 13.9. The van der Waals surface area contributed by atoms with E-state index in [1.54, 1.807) is 18.5 Å². The molecular weight excluding hydrogens is 586 g/mol. The summed E-state index contributed by atoms with van der Waals surface area (Å²) in [4.78, 5) is 10.3. The molecule has 228 valence electrons. The third-order valence-electron chi connectivity index (χ3n) is 7.94. The Labute approximate surface area is 248 Å². The fraction of sp³-hybridized carbons (Fsp3) is 0.290. The van der Waals surface area contributed by atoms with Gasteiger partial charge < -0.3 is 28.8 Å². The zero-order valence-electron chi connectivity index (χ0n) is 23.0. The van der Waals surface area contributed by atoms with E-state index >= 15 is 0 Å². The molecule has 1 N–H and O–H groups in total. The molecular formula is C31H25F4N3O6. The van der Waals surface area contributed by atoms with Gasteiger partial charge in [-0.15, -0.1) is 17.6 Å². The average molecular weight is 612 g/mol. The molecule has 9 nitrogen and oxygen atoms in total. The van der Waals surface area contributed by atoms with Gasteiger partial charge in [-0.3, -0.25) is 4.90 Å². The van der Waals surface area contributed by atoms with Crippen LogP contribution >= 0.6 is 0 Å². The highest BCUT2D eigenvalue weighted by atomic mass is 19.3. The van der Waals surface area contributed by atoms with Gasteiger partial charge in [0.15, 0.2) is 23.0 Å². The van der Waals surface area contributed by atoms with Crippen molar-refractivity contribution in [1.82, 2.24) is 14.9 Å². The van der Waals surface area contributed by atoms with Crippen molar-refractivity contribution in [3.8, 4) is 34.8 Å². The molecule has 3 aliphatic heterocycles. The Hall–Kier alpha value is -4.62. The highest BCUT2D eigenvalue weighted by molar-refractivity contribution is 5.53. The minimum Gasteiger partial charge on any atom is -0.424 e. The van der Waals surface area contributed by atoms with E-state index in [0.29, 0.717) is 38.2 Å². The molecule has 0 amide bonds. The van der Waals surface area contributed by atoms with Crippen LogP contribution in [0.15, 0.2) is 79.1 Å². The Kier molecular flexibility index (Phi) is 6.74. The van der Waals surface area contributed by atoms with Crippen LogP contribution in [0, 0.1) is 5.92 Å². The van der Waals surface area contributed by atoms with Crippen molar-refractivity contribution in [1.29, 1.82) is 0 Å². The molecule has 4 aromatic rings.